The number of nitrogens with one attached hydrogen (secondary N) is 1. The molecule has 1 N–H and O–H groups in total. The Bertz CT molecular complexity index is 377. The highest BCUT2D eigenvalue weighted by molar-refractivity contribution is 7.86. The molecule has 0 aromatic heterocycles. The Labute approximate surface area is 117 Å². The zero-order chi connectivity index (χ0) is 13.9. The minimum atomic E-state index is -3.23. The molecular formula is C13H27N3O2S. The molecule has 0 aliphatic carbocycles. The summed E-state index contributed by atoms with van der Waals surface area (Å²) in [7, 11) is -3.23. The average molecular weight is 289 g/mol. The molecule has 2 fully saturated rings. The van der Waals surface area contributed by atoms with Crippen LogP contribution in [0.4, 0.5) is 0 Å². The summed E-state index contributed by atoms with van der Waals surface area (Å²) in [4.78, 5) is 0. The molecule has 112 valence electrons. The summed E-state index contributed by atoms with van der Waals surface area (Å²) in [6.07, 6.45) is 4.46. The molecule has 5 nitrogen and oxygen atoms in total. The largest absolute Gasteiger partial charge is 0.313 e. The molecule has 6 heteroatoms. The monoisotopic (exact) mass is 289 g/mol. The van der Waals surface area contributed by atoms with E-state index < -0.39 is 10.2 Å². The molecule has 2 rings (SSSR count). The van der Waals surface area contributed by atoms with E-state index in [0.29, 0.717) is 38.1 Å². The number of hydrogen-bond donors (Lipinski definition) is 1. The normalized spacial score (nSPS) is 29.7. The van der Waals surface area contributed by atoms with Crippen LogP contribution in [-0.4, -0.2) is 55.8 Å². The zero-order valence-electron chi connectivity index (χ0n) is 12.1. The molecule has 0 radical (unpaired) electrons. The van der Waals surface area contributed by atoms with Gasteiger partial charge >= 0.3 is 0 Å². The van der Waals surface area contributed by atoms with E-state index in [-0.39, 0.29) is 0 Å². The van der Waals surface area contributed by atoms with E-state index in [1.54, 1.807) is 8.61 Å². The molecule has 1 unspecified atom stereocenters. The van der Waals surface area contributed by atoms with Crippen molar-refractivity contribution in [3.8, 4) is 0 Å². The highest BCUT2D eigenvalue weighted by atomic mass is 32.2. The summed E-state index contributed by atoms with van der Waals surface area (Å²) in [6, 6.07) is 0.336. The first-order chi connectivity index (χ1) is 9.00. The predicted octanol–water partition coefficient (Wildman–Crippen LogP) is 1.04. The van der Waals surface area contributed by atoms with Crippen molar-refractivity contribution in [1.29, 1.82) is 0 Å². The number of piperidine rings is 1. The number of rotatable bonds is 4. The zero-order valence-corrected chi connectivity index (χ0v) is 13.0. The van der Waals surface area contributed by atoms with Gasteiger partial charge in [-0.1, -0.05) is 20.3 Å². The van der Waals surface area contributed by atoms with E-state index in [9.17, 15) is 8.42 Å². The van der Waals surface area contributed by atoms with Gasteiger partial charge in [0.05, 0.1) is 0 Å². The molecule has 0 bridgehead atoms. The van der Waals surface area contributed by atoms with Gasteiger partial charge in [0.1, 0.15) is 0 Å². The fourth-order valence-electron chi connectivity index (χ4n) is 2.92. The minimum Gasteiger partial charge on any atom is -0.313 e. The molecule has 2 aliphatic heterocycles. The molecule has 19 heavy (non-hydrogen) atoms. The molecule has 2 aliphatic rings. The van der Waals surface area contributed by atoms with Crippen LogP contribution >= 0.6 is 0 Å². The van der Waals surface area contributed by atoms with Crippen molar-refractivity contribution in [3.05, 3.63) is 0 Å². The standard InChI is InChI=1S/C13H27N3O2S/c1-12(2)10-15-8-5-9-16(19(15,17)18)11-13-6-3-4-7-14-13/h12-14H,3-11H2,1-2H3. The lowest BCUT2D eigenvalue weighted by molar-refractivity contribution is 0.242. The van der Waals surface area contributed by atoms with E-state index in [0.717, 1.165) is 19.4 Å². The van der Waals surface area contributed by atoms with Crippen molar-refractivity contribution < 1.29 is 8.42 Å². The molecule has 0 aromatic carbocycles. The Morgan fingerprint density at radius 1 is 1.16 bits per heavy atom. The van der Waals surface area contributed by atoms with Crippen LogP contribution in [-0.2, 0) is 10.2 Å². The van der Waals surface area contributed by atoms with Crippen molar-refractivity contribution in [1.82, 2.24) is 13.9 Å². The maximum Gasteiger partial charge on any atom is 0.282 e. The Balaban J connectivity index is 1.99. The maximum absolute atomic E-state index is 12.5. The first kappa shape index (κ1) is 15.2. The fraction of sp³-hybridized carbons (Fsp3) is 1.00. The van der Waals surface area contributed by atoms with Gasteiger partial charge in [0, 0.05) is 32.2 Å². The highest BCUT2D eigenvalue weighted by Gasteiger charge is 2.35. The minimum absolute atomic E-state index is 0.336. The SMILES string of the molecule is CC(C)CN1CCCN(CC2CCCCN2)S1(=O)=O. The molecule has 0 aromatic rings. The van der Waals surface area contributed by atoms with Crippen molar-refractivity contribution in [2.45, 2.75) is 45.6 Å². The number of hydrogen-bond acceptors (Lipinski definition) is 3. The second-order valence-corrected chi connectivity index (χ2v) is 8.05. The Hall–Kier alpha value is -0.170. The van der Waals surface area contributed by atoms with Crippen molar-refractivity contribution in [2.24, 2.45) is 5.92 Å². The Morgan fingerprint density at radius 3 is 2.53 bits per heavy atom. The molecule has 2 saturated heterocycles. The van der Waals surface area contributed by atoms with E-state index in [1.807, 2.05) is 0 Å². The molecule has 0 saturated carbocycles. The van der Waals surface area contributed by atoms with Crippen molar-refractivity contribution in [2.75, 3.05) is 32.7 Å². The first-order valence-corrected chi connectivity index (χ1v) is 8.88. The second-order valence-electron chi connectivity index (χ2n) is 6.12. The second kappa shape index (κ2) is 6.52. The van der Waals surface area contributed by atoms with Crippen LogP contribution in [0.15, 0.2) is 0 Å². The maximum atomic E-state index is 12.5. The molecule has 2 heterocycles. The Kier molecular flexibility index (Phi) is 5.22. The van der Waals surface area contributed by atoms with Crippen LogP contribution in [0.5, 0.6) is 0 Å². The van der Waals surface area contributed by atoms with Gasteiger partial charge in [0.15, 0.2) is 0 Å². The third kappa shape index (κ3) is 3.90. The summed E-state index contributed by atoms with van der Waals surface area (Å²) in [5.74, 6) is 0.377. The summed E-state index contributed by atoms with van der Waals surface area (Å²) >= 11 is 0. The highest BCUT2D eigenvalue weighted by Crippen LogP contribution is 2.19. The van der Waals surface area contributed by atoms with Crippen LogP contribution in [0.25, 0.3) is 0 Å². The lowest BCUT2D eigenvalue weighted by Gasteiger charge is -2.37. The van der Waals surface area contributed by atoms with Crippen molar-refractivity contribution in [3.63, 3.8) is 0 Å². The van der Waals surface area contributed by atoms with E-state index >= 15 is 0 Å². The summed E-state index contributed by atoms with van der Waals surface area (Å²) in [5.41, 5.74) is 0. The van der Waals surface area contributed by atoms with Crippen LogP contribution in [0.3, 0.4) is 0 Å². The smallest absolute Gasteiger partial charge is 0.282 e. The van der Waals surface area contributed by atoms with Crippen LogP contribution < -0.4 is 5.32 Å². The lowest BCUT2D eigenvalue weighted by atomic mass is 10.1. The predicted molar refractivity (Wildman–Crippen MR) is 77.2 cm³/mol. The fourth-order valence-corrected chi connectivity index (χ4v) is 4.82. The van der Waals surface area contributed by atoms with E-state index in [4.69, 9.17) is 0 Å². The van der Waals surface area contributed by atoms with Gasteiger partial charge in [-0.2, -0.15) is 17.0 Å². The first-order valence-electron chi connectivity index (χ1n) is 7.49. The van der Waals surface area contributed by atoms with Crippen LogP contribution in [0.2, 0.25) is 0 Å². The van der Waals surface area contributed by atoms with Gasteiger partial charge in [-0.15, -0.1) is 0 Å². The molecule has 1 atom stereocenters. The van der Waals surface area contributed by atoms with Gasteiger partial charge in [0.25, 0.3) is 10.2 Å². The summed E-state index contributed by atoms with van der Waals surface area (Å²) < 4.78 is 28.4. The lowest BCUT2D eigenvalue weighted by Crippen LogP contribution is -2.54. The van der Waals surface area contributed by atoms with Gasteiger partial charge in [-0.3, -0.25) is 0 Å². The van der Waals surface area contributed by atoms with E-state index in [1.165, 1.54) is 12.8 Å². The van der Waals surface area contributed by atoms with E-state index in [2.05, 4.69) is 19.2 Å². The van der Waals surface area contributed by atoms with Crippen LogP contribution in [0.1, 0.15) is 39.5 Å². The van der Waals surface area contributed by atoms with Crippen molar-refractivity contribution >= 4 is 10.2 Å². The third-order valence-corrected chi connectivity index (χ3v) is 5.84. The van der Waals surface area contributed by atoms with Gasteiger partial charge in [-0.25, -0.2) is 0 Å². The van der Waals surface area contributed by atoms with Gasteiger partial charge in [0.2, 0.25) is 0 Å². The molecule has 0 amide bonds. The third-order valence-electron chi connectivity index (χ3n) is 3.87. The molecular weight excluding hydrogens is 262 g/mol. The quantitative estimate of drug-likeness (QED) is 0.841. The van der Waals surface area contributed by atoms with Gasteiger partial charge < -0.3 is 5.32 Å². The Morgan fingerprint density at radius 2 is 1.89 bits per heavy atom. The van der Waals surface area contributed by atoms with Crippen LogP contribution in [0, 0.1) is 5.92 Å². The summed E-state index contributed by atoms with van der Waals surface area (Å²) in [6.45, 7) is 7.78. The summed E-state index contributed by atoms with van der Waals surface area (Å²) in [5, 5.41) is 3.44. The topological polar surface area (TPSA) is 52.6 Å². The number of nitrogens with zero attached hydrogens (tertiary/aromatic N) is 2. The average Bonchev–Trinajstić information content (AvgIpc) is 2.35. The van der Waals surface area contributed by atoms with Gasteiger partial charge in [-0.05, 0) is 31.7 Å². The molecule has 0 spiro atoms.